The van der Waals surface area contributed by atoms with E-state index in [0.29, 0.717) is 50.9 Å². The molecule has 44 heavy (non-hydrogen) atoms. The van der Waals surface area contributed by atoms with Gasteiger partial charge in [-0.25, -0.2) is 4.79 Å². The van der Waals surface area contributed by atoms with Gasteiger partial charge in [-0.3, -0.25) is 9.59 Å². The van der Waals surface area contributed by atoms with Crippen LogP contribution in [0, 0.1) is 11.8 Å². The predicted octanol–water partition coefficient (Wildman–Crippen LogP) is 6.45. The molecule has 244 valence electrons. The van der Waals surface area contributed by atoms with E-state index in [1.807, 2.05) is 81.4 Å². The van der Waals surface area contributed by atoms with E-state index in [9.17, 15) is 14.4 Å². The molecule has 0 bridgehead atoms. The van der Waals surface area contributed by atoms with E-state index >= 15 is 0 Å². The molecule has 0 saturated carbocycles. The molecule has 3 N–H and O–H groups in total. The summed E-state index contributed by atoms with van der Waals surface area (Å²) in [6.45, 7) is 10.2. The third-order valence-electron chi connectivity index (χ3n) is 7.34. The number of piperidine rings is 2. The molecule has 4 rings (SSSR count). The number of hydrogen-bond donors (Lipinski definition) is 3. The van der Waals surface area contributed by atoms with Crippen LogP contribution >= 0.6 is 23.2 Å². The monoisotopic (exact) mass is 648 g/mol. The number of alkyl halides is 2. The first kappa shape index (κ1) is 37.4. The first-order chi connectivity index (χ1) is 21.1. The molecule has 3 amide bonds. The molecule has 2 heterocycles. The summed E-state index contributed by atoms with van der Waals surface area (Å²) in [4.78, 5) is 37.6. The van der Waals surface area contributed by atoms with E-state index in [1.54, 1.807) is 4.90 Å². The van der Waals surface area contributed by atoms with Crippen molar-refractivity contribution in [1.29, 1.82) is 0 Å². The van der Waals surface area contributed by atoms with Crippen LogP contribution in [0.4, 0.5) is 4.79 Å². The zero-order valence-electron chi connectivity index (χ0n) is 26.5. The Hall–Kier alpha value is -2.81. The minimum absolute atomic E-state index is 0.0783. The van der Waals surface area contributed by atoms with Crippen LogP contribution in [-0.2, 0) is 27.4 Å². The minimum Gasteiger partial charge on any atom is -0.444 e. The lowest BCUT2D eigenvalue weighted by atomic mass is 9.93. The van der Waals surface area contributed by atoms with E-state index in [1.165, 1.54) is 0 Å². The fraction of sp³-hybridized carbons (Fsp3) is 0.559. The molecule has 0 aliphatic carbocycles. The van der Waals surface area contributed by atoms with Gasteiger partial charge in [0.05, 0.1) is 5.34 Å². The highest BCUT2D eigenvalue weighted by molar-refractivity contribution is 6.40. The van der Waals surface area contributed by atoms with Crippen molar-refractivity contribution >= 4 is 41.1 Å². The summed E-state index contributed by atoms with van der Waals surface area (Å²) in [5.74, 6) is 1.15. The van der Waals surface area contributed by atoms with Gasteiger partial charge in [0.2, 0.25) is 11.8 Å². The standard InChI is InChI=1S/C19H28N2O3.C14H20N2O.CH2Cl2/c1-19(2,3)24-18(23)21-11-9-15(10-12-21)13-17(22)20-14-16-7-5-4-6-8-16;17-14(10-12-6-8-15-9-7-12)16-11-13-4-2-1-3-5-13;2-1-3/h4-8,15H,9-14H2,1-3H3,(H,20,22);1-5,12,15H,6-11H2,(H,16,17);1H2. The van der Waals surface area contributed by atoms with Crippen LogP contribution in [0.3, 0.4) is 0 Å². The Morgan fingerprint density at radius 2 is 1.18 bits per heavy atom. The fourth-order valence-corrected chi connectivity index (χ4v) is 4.99. The van der Waals surface area contributed by atoms with Crippen LogP contribution < -0.4 is 16.0 Å². The molecule has 2 aromatic rings. The van der Waals surface area contributed by atoms with E-state index in [4.69, 9.17) is 27.9 Å². The highest BCUT2D eigenvalue weighted by Gasteiger charge is 2.27. The molecule has 10 heteroatoms. The van der Waals surface area contributed by atoms with Crippen LogP contribution in [0.25, 0.3) is 0 Å². The molecular formula is C34H50Cl2N4O4. The molecule has 2 fully saturated rings. The second-order valence-electron chi connectivity index (χ2n) is 12.1. The molecule has 0 atom stereocenters. The summed E-state index contributed by atoms with van der Waals surface area (Å²) in [5.41, 5.74) is 1.79. The number of nitrogens with zero attached hydrogens (tertiary/aromatic N) is 1. The lowest BCUT2D eigenvalue weighted by Gasteiger charge is -2.33. The third kappa shape index (κ3) is 16.9. The van der Waals surface area contributed by atoms with E-state index in [2.05, 4.69) is 16.0 Å². The summed E-state index contributed by atoms with van der Waals surface area (Å²) in [5, 5.41) is 9.46. The maximum atomic E-state index is 12.1. The number of likely N-dealkylation sites (tertiary alicyclic amines) is 1. The summed E-state index contributed by atoms with van der Waals surface area (Å²) < 4.78 is 5.39. The average Bonchev–Trinajstić information content (AvgIpc) is 3.01. The van der Waals surface area contributed by atoms with Crippen LogP contribution in [0.2, 0.25) is 0 Å². The molecule has 2 aromatic carbocycles. The maximum Gasteiger partial charge on any atom is 0.410 e. The second-order valence-corrected chi connectivity index (χ2v) is 12.9. The Kier molecular flexibility index (Phi) is 17.9. The van der Waals surface area contributed by atoms with Crippen molar-refractivity contribution in [3.8, 4) is 0 Å². The van der Waals surface area contributed by atoms with E-state index in [-0.39, 0.29) is 23.2 Å². The third-order valence-corrected chi connectivity index (χ3v) is 7.34. The summed E-state index contributed by atoms with van der Waals surface area (Å²) in [7, 11) is 0. The highest BCUT2D eigenvalue weighted by atomic mass is 35.5. The van der Waals surface area contributed by atoms with Crippen molar-refractivity contribution in [3.63, 3.8) is 0 Å². The topological polar surface area (TPSA) is 99.8 Å². The van der Waals surface area contributed by atoms with Crippen molar-refractivity contribution in [3.05, 3.63) is 71.8 Å². The summed E-state index contributed by atoms with van der Waals surface area (Å²) >= 11 is 9.53. The number of nitrogens with one attached hydrogen (secondary N) is 3. The van der Waals surface area contributed by atoms with Crippen LogP contribution in [0.5, 0.6) is 0 Å². The van der Waals surface area contributed by atoms with Crippen molar-refractivity contribution in [2.45, 2.75) is 78.0 Å². The lowest BCUT2D eigenvalue weighted by molar-refractivity contribution is -0.123. The highest BCUT2D eigenvalue weighted by Crippen LogP contribution is 2.22. The summed E-state index contributed by atoms with van der Waals surface area (Å²) in [6, 6.07) is 19.9. The van der Waals surface area contributed by atoms with Crippen molar-refractivity contribution in [2.24, 2.45) is 11.8 Å². The van der Waals surface area contributed by atoms with Gasteiger partial charge in [-0.05, 0) is 82.5 Å². The molecule has 0 unspecified atom stereocenters. The normalized spacial score (nSPS) is 15.5. The largest absolute Gasteiger partial charge is 0.444 e. The number of ether oxygens (including phenoxy) is 1. The van der Waals surface area contributed by atoms with Gasteiger partial charge < -0.3 is 25.6 Å². The first-order valence-corrected chi connectivity index (χ1v) is 16.6. The Labute approximate surface area is 273 Å². The van der Waals surface area contributed by atoms with Gasteiger partial charge >= 0.3 is 6.09 Å². The quantitative estimate of drug-likeness (QED) is 0.286. The smallest absolute Gasteiger partial charge is 0.410 e. The summed E-state index contributed by atoms with van der Waals surface area (Å²) in [6.07, 6.45) is 4.88. The van der Waals surface area contributed by atoms with E-state index < -0.39 is 5.60 Å². The van der Waals surface area contributed by atoms with Gasteiger partial charge in [-0.1, -0.05) is 60.7 Å². The van der Waals surface area contributed by atoms with Gasteiger partial charge in [-0.2, -0.15) is 0 Å². The number of amides is 3. The number of rotatable bonds is 8. The Bertz CT molecular complexity index is 1090. The van der Waals surface area contributed by atoms with Crippen LogP contribution in [0.15, 0.2) is 60.7 Å². The van der Waals surface area contributed by atoms with Gasteiger partial charge in [0.15, 0.2) is 0 Å². The van der Waals surface area contributed by atoms with Gasteiger partial charge in [0.1, 0.15) is 5.60 Å². The van der Waals surface area contributed by atoms with Crippen LogP contribution in [0.1, 0.15) is 70.4 Å². The molecule has 8 nitrogen and oxygen atoms in total. The molecule has 0 aromatic heterocycles. The predicted molar refractivity (Wildman–Crippen MR) is 179 cm³/mol. The maximum absolute atomic E-state index is 12.1. The van der Waals surface area contributed by atoms with Crippen molar-refractivity contribution in [1.82, 2.24) is 20.9 Å². The molecule has 2 aliphatic heterocycles. The minimum atomic E-state index is -0.467. The number of halogens is 2. The van der Waals surface area contributed by atoms with Crippen LogP contribution in [-0.4, -0.2) is 59.9 Å². The number of hydrogen-bond acceptors (Lipinski definition) is 5. The van der Waals surface area contributed by atoms with Gasteiger partial charge in [-0.15, -0.1) is 23.2 Å². The Morgan fingerprint density at radius 1 is 0.773 bits per heavy atom. The van der Waals surface area contributed by atoms with E-state index in [0.717, 1.165) is 49.9 Å². The second kappa shape index (κ2) is 21.0. The fourth-order valence-electron chi connectivity index (χ4n) is 4.99. The lowest BCUT2D eigenvalue weighted by Crippen LogP contribution is -2.42. The van der Waals surface area contributed by atoms with Gasteiger partial charge in [0, 0.05) is 39.0 Å². The zero-order chi connectivity index (χ0) is 32.2. The van der Waals surface area contributed by atoms with Crippen molar-refractivity contribution in [2.75, 3.05) is 31.5 Å². The molecule has 2 aliphatic rings. The first-order valence-electron chi connectivity index (χ1n) is 15.5. The van der Waals surface area contributed by atoms with Crippen molar-refractivity contribution < 1.29 is 19.1 Å². The Morgan fingerprint density at radius 3 is 1.59 bits per heavy atom. The molecular weight excluding hydrogens is 599 g/mol. The average molecular weight is 650 g/mol. The number of benzene rings is 2. The molecule has 0 spiro atoms. The number of carbonyl (C=O) groups is 3. The molecule has 0 radical (unpaired) electrons. The number of carbonyl (C=O) groups excluding carboxylic acids is 3. The molecule has 2 saturated heterocycles. The van der Waals surface area contributed by atoms with Gasteiger partial charge in [0.25, 0.3) is 0 Å². The SMILES string of the molecule is CC(C)(C)OC(=O)N1CCC(CC(=O)NCc2ccccc2)CC1.ClCCl.O=C(CC1CCNCC1)NCc1ccccc1. The zero-order valence-corrected chi connectivity index (χ0v) is 28.0. The Balaban J connectivity index is 0.000000295.